The summed E-state index contributed by atoms with van der Waals surface area (Å²) in [5, 5.41) is 27.9. The third kappa shape index (κ3) is 44.8. The summed E-state index contributed by atoms with van der Waals surface area (Å²) in [7, 11) is 0. The van der Waals surface area contributed by atoms with Gasteiger partial charge in [-0.1, -0.05) is 198 Å². The average molecular weight is 761 g/mol. The van der Waals surface area contributed by atoms with Crippen LogP contribution in [0.15, 0.2) is 24.3 Å². The van der Waals surface area contributed by atoms with Crippen molar-refractivity contribution in [1.82, 2.24) is 0 Å². The number of carboxylic acid groups (broad SMARTS) is 2. The van der Waals surface area contributed by atoms with E-state index in [0.717, 1.165) is 57.3 Å². The van der Waals surface area contributed by atoms with Crippen molar-refractivity contribution in [3.8, 4) is 0 Å². The summed E-state index contributed by atoms with van der Waals surface area (Å²) in [4.78, 5) is 21.1. The van der Waals surface area contributed by atoms with Crippen molar-refractivity contribution in [2.75, 3.05) is 0 Å². The predicted molar refractivity (Wildman–Crippen MR) is 233 cm³/mol. The molecule has 0 aliphatic carbocycles. The first kappa shape index (κ1) is 52.4. The van der Waals surface area contributed by atoms with Crippen molar-refractivity contribution >= 4 is 11.9 Å². The van der Waals surface area contributed by atoms with Gasteiger partial charge in [0, 0.05) is 12.8 Å². The molecular weight excluding hydrogens is 669 g/mol. The van der Waals surface area contributed by atoms with Crippen LogP contribution in [0.25, 0.3) is 0 Å². The lowest BCUT2D eigenvalue weighted by Gasteiger charge is -2.18. The first-order valence-corrected chi connectivity index (χ1v) is 23.9. The van der Waals surface area contributed by atoms with E-state index in [1.54, 1.807) is 0 Å². The van der Waals surface area contributed by atoms with Gasteiger partial charge < -0.3 is 15.3 Å². The molecule has 0 fully saturated rings. The van der Waals surface area contributed by atoms with Crippen molar-refractivity contribution < 1.29 is 24.9 Å². The number of aliphatic hydroxyl groups excluding tert-OH is 1. The molecule has 0 heterocycles. The van der Waals surface area contributed by atoms with E-state index < -0.39 is 11.9 Å². The standard InChI is InChI=1S/C49H92O5/c1-2-3-4-35-42-47(50)43-38-41-46(40-34-30-26-22-18-14-10-8-12-16-20-24-28-32-37-45-49(53)54)39-33-29-25-21-17-13-9-6-5-7-11-15-19-23-27-31-36-44-48(51)52/h7-8,11-12,46-47,50H,2-6,9-10,13-45H2,1H3,(H,51,52)(H,53,54)/b11-7-,12-8-. The van der Waals surface area contributed by atoms with Gasteiger partial charge in [-0.05, 0) is 83.0 Å². The Morgan fingerprint density at radius 1 is 0.370 bits per heavy atom. The van der Waals surface area contributed by atoms with E-state index in [0.29, 0.717) is 12.8 Å². The van der Waals surface area contributed by atoms with Gasteiger partial charge in [0.15, 0.2) is 0 Å². The number of rotatable bonds is 45. The summed E-state index contributed by atoms with van der Waals surface area (Å²) in [6.07, 6.45) is 57.2. The second kappa shape index (κ2) is 44.1. The van der Waals surface area contributed by atoms with Crippen LogP contribution in [0.1, 0.15) is 264 Å². The summed E-state index contributed by atoms with van der Waals surface area (Å²) in [6.45, 7) is 2.25. The van der Waals surface area contributed by atoms with Crippen molar-refractivity contribution in [3.63, 3.8) is 0 Å². The Bertz CT molecular complexity index is 836. The van der Waals surface area contributed by atoms with Crippen LogP contribution >= 0.6 is 0 Å². The summed E-state index contributed by atoms with van der Waals surface area (Å²) in [6, 6.07) is 0. The SMILES string of the molecule is CCCCCCC(O)CCCC(CCCCCCCC/C=C\CCCCCCCC(=O)O)CCCCCCCCCC/C=C\CCCCCCCC(=O)O. The van der Waals surface area contributed by atoms with E-state index in [9.17, 15) is 14.7 Å². The van der Waals surface area contributed by atoms with Crippen LogP contribution in [-0.4, -0.2) is 33.4 Å². The fraction of sp³-hybridized carbons (Fsp3) is 0.878. The molecule has 0 spiro atoms. The number of allylic oxidation sites excluding steroid dienone is 4. The lowest BCUT2D eigenvalue weighted by molar-refractivity contribution is -0.138. The molecule has 0 aliphatic rings. The summed E-state index contributed by atoms with van der Waals surface area (Å²) >= 11 is 0. The molecule has 5 heteroatoms. The molecule has 5 nitrogen and oxygen atoms in total. The number of aliphatic hydroxyl groups is 1. The summed E-state index contributed by atoms with van der Waals surface area (Å²) < 4.78 is 0. The van der Waals surface area contributed by atoms with Crippen LogP contribution < -0.4 is 0 Å². The van der Waals surface area contributed by atoms with E-state index >= 15 is 0 Å². The van der Waals surface area contributed by atoms with Gasteiger partial charge in [-0.2, -0.15) is 0 Å². The van der Waals surface area contributed by atoms with E-state index in [2.05, 4.69) is 31.2 Å². The predicted octanol–water partition coefficient (Wildman–Crippen LogP) is 15.9. The molecule has 0 aromatic heterocycles. The van der Waals surface area contributed by atoms with Gasteiger partial charge >= 0.3 is 11.9 Å². The largest absolute Gasteiger partial charge is 0.481 e. The van der Waals surface area contributed by atoms with Crippen LogP contribution in [0, 0.1) is 5.92 Å². The van der Waals surface area contributed by atoms with Gasteiger partial charge in [0.2, 0.25) is 0 Å². The number of unbranched alkanes of at least 4 members (excludes halogenated alkanes) is 27. The maximum atomic E-state index is 10.6. The number of carbonyl (C=O) groups is 2. The Balaban J connectivity index is 3.96. The molecule has 318 valence electrons. The maximum absolute atomic E-state index is 10.6. The Hall–Kier alpha value is -1.62. The fourth-order valence-corrected chi connectivity index (χ4v) is 7.79. The number of hydrogen-bond donors (Lipinski definition) is 3. The molecule has 2 unspecified atom stereocenters. The quantitative estimate of drug-likeness (QED) is 0.0424. The first-order valence-electron chi connectivity index (χ1n) is 23.9. The highest BCUT2D eigenvalue weighted by molar-refractivity contribution is 5.66. The molecule has 54 heavy (non-hydrogen) atoms. The highest BCUT2D eigenvalue weighted by Crippen LogP contribution is 2.25. The van der Waals surface area contributed by atoms with Gasteiger partial charge in [-0.25, -0.2) is 0 Å². The number of carboxylic acids is 2. The molecule has 2 atom stereocenters. The van der Waals surface area contributed by atoms with E-state index in [4.69, 9.17) is 10.2 Å². The van der Waals surface area contributed by atoms with Crippen LogP contribution in [0.3, 0.4) is 0 Å². The normalized spacial score (nSPS) is 13.0. The number of hydrogen-bond acceptors (Lipinski definition) is 3. The van der Waals surface area contributed by atoms with Gasteiger partial charge in [0.05, 0.1) is 6.10 Å². The highest BCUT2D eigenvalue weighted by Gasteiger charge is 2.11. The smallest absolute Gasteiger partial charge is 0.303 e. The number of aliphatic carboxylic acids is 2. The molecule has 0 aromatic carbocycles. The zero-order valence-electron chi connectivity index (χ0n) is 35.9. The molecule has 0 bridgehead atoms. The maximum Gasteiger partial charge on any atom is 0.303 e. The minimum atomic E-state index is -0.670. The van der Waals surface area contributed by atoms with E-state index in [1.807, 2.05) is 0 Å². The van der Waals surface area contributed by atoms with E-state index in [-0.39, 0.29) is 6.10 Å². The van der Waals surface area contributed by atoms with Crippen LogP contribution in [-0.2, 0) is 9.59 Å². The molecular formula is C49H92O5. The lowest BCUT2D eigenvalue weighted by atomic mass is 9.89. The summed E-state index contributed by atoms with van der Waals surface area (Å²) in [5.74, 6) is -0.488. The minimum Gasteiger partial charge on any atom is -0.481 e. The molecule has 0 aromatic rings. The Morgan fingerprint density at radius 3 is 1.02 bits per heavy atom. The molecule has 3 N–H and O–H groups in total. The first-order chi connectivity index (χ1) is 26.5. The monoisotopic (exact) mass is 761 g/mol. The molecule has 0 rings (SSSR count). The van der Waals surface area contributed by atoms with Gasteiger partial charge in [0.1, 0.15) is 0 Å². The minimum absolute atomic E-state index is 0.0885. The summed E-state index contributed by atoms with van der Waals surface area (Å²) in [5.41, 5.74) is 0. The van der Waals surface area contributed by atoms with Crippen molar-refractivity contribution in [3.05, 3.63) is 24.3 Å². The molecule has 0 radical (unpaired) electrons. The Morgan fingerprint density at radius 2 is 0.648 bits per heavy atom. The average Bonchev–Trinajstić information content (AvgIpc) is 3.15. The van der Waals surface area contributed by atoms with Gasteiger partial charge in [-0.3, -0.25) is 9.59 Å². The highest BCUT2D eigenvalue weighted by atomic mass is 16.4. The molecule has 0 amide bonds. The van der Waals surface area contributed by atoms with Crippen molar-refractivity contribution in [2.45, 2.75) is 270 Å². The third-order valence-electron chi connectivity index (χ3n) is 11.4. The fourth-order valence-electron chi connectivity index (χ4n) is 7.79. The topological polar surface area (TPSA) is 94.8 Å². The van der Waals surface area contributed by atoms with Crippen LogP contribution in [0.5, 0.6) is 0 Å². The zero-order chi connectivity index (χ0) is 39.4. The zero-order valence-corrected chi connectivity index (χ0v) is 35.9. The molecule has 0 aliphatic heterocycles. The van der Waals surface area contributed by atoms with Crippen LogP contribution in [0.2, 0.25) is 0 Å². The van der Waals surface area contributed by atoms with Gasteiger partial charge in [-0.15, -0.1) is 0 Å². The van der Waals surface area contributed by atoms with Crippen molar-refractivity contribution in [2.24, 2.45) is 5.92 Å². The van der Waals surface area contributed by atoms with Crippen molar-refractivity contribution in [1.29, 1.82) is 0 Å². The molecule has 0 saturated carbocycles. The van der Waals surface area contributed by atoms with Gasteiger partial charge in [0.25, 0.3) is 0 Å². The second-order valence-corrected chi connectivity index (χ2v) is 16.7. The third-order valence-corrected chi connectivity index (χ3v) is 11.4. The Labute approximate surface area is 336 Å². The van der Waals surface area contributed by atoms with Crippen LogP contribution in [0.4, 0.5) is 0 Å². The van der Waals surface area contributed by atoms with E-state index in [1.165, 1.54) is 193 Å². The lowest BCUT2D eigenvalue weighted by Crippen LogP contribution is -2.08. The second-order valence-electron chi connectivity index (χ2n) is 16.7. The Kier molecular flexibility index (Phi) is 42.8. The molecule has 0 saturated heterocycles.